The number of amides is 1. The zero-order valence-corrected chi connectivity index (χ0v) is 13.8. The molecule has 5 nitrogen and oxygen atoms in total. The molecule has 4 heterocycles. The van der Waals surface area contributed by atoms with Gasteiger partial charge in [-0.25, -0.2) is 9.97 Å². The van der Waals surface area contributed by atoms with Crippen molar-refractivity contribution in [3.63, 3.8) is 0 Å². The summed E-state index contributed by atoms with van der Waals surface area (Å²) in [5.41, 5.74) is 1.84. The van der Waals surface area contributed by atoms with Gasteiger partial charge in [0.15, 0.2) is 5.65 Å². The minimum Gasteiger partial charge on any atom is -0.340 e. The Balaban J connectivity index is 1.53. The molecule has 0 bridgehead atoms. The first-order valence-electron chi connectivity index (χ1n) is 7.82. The lowest BCUT2D eigenvalue weighted by Crippen LogP contribution is -2.30. The Bertz CT molecular complexity index is 840. The molecular formula is C17H18N4OS. The summed E-state index contributed by atoms with van der Waals surface area (Å²) in [4.78, 5) is 24.6. The molecule has 6 heteroatoms. The Labute approximate surface area is 138 Å². The lowest BCUT2D eigenvalue weighted by molar-refractivity contribution is -0.129. The lowest BCUT2D eigenvalue weighted by Gasteiger charge is -2.18. The molecule has 1 saturated heterocycles. The van der Waals surface area contributed by atoms with E-state index in [1.807, 2.05) is 41.5 Å². The van der Waals surface area contributed by atoms with Crippen molar-refractivity contribution in [3.05, 3.63) is 46.5 Å². The summed E-state index contributed by atoms with van der Waals surface area (Å²) in [6, 6.07) is 8.17. The van der Waals surface area contributed by atoms with E-state index >= 15 is 0 Å². The smallest absolute Gasteiger partial charge is 0.227 e. The standard InChI is InChI=1S/C17H18N4OS/c1-12-19-15-5-2-7-18-17(15)21(12)13-6-8-20(11-13)16(22)10-14-4-3-9-23-14/h2-5,7,9,13H,6,8,10-11H2,1H3/t13-/m1/s1. The zero-order valence-electron chi connectivity index (χ0n) is 13.0. The van der Waals surface area contributed by atoms with Crippen LogP contribution >= 0.6 is 11.3 Å². The second kappa shape index (κ2) is 5.77. The van der Waals surface area contributed by atoms with E-state index in [9.17, 15) is 4.79 Å². The van der Waals surface area contributed by atoms with Crippen LogP contribution in [-0.2, 0) is 11.2 Å². The van der Waals surface area contributed by atoms with Crippen molar-refractivity contribution < 1.29 is 4.79 Å². The summed E-state index contributed by atoms with van der Waals surface area (Å²) in [6.07, 6.45) is 3.26. The number of rotatable bonds is 3. The van der Waals surface area contributed by atoms with Gasteiger partial charge in [-0.2, -0.15) is 0 Å². The van der Waals surface area contributed by atoms with E-state index in [4.69, 9.17) is 0 Å². The number of imidazole rings is 1. The van der Waals surface area contributed by atoms with Gasteiger partial charge in [-0.05, 0) is 36.9 Å². The summed E-state index contributed by atoms with van der Waals surface area (Å²) in [6.45, 7) is 3.56. The third-order valence-corrected chi connectivity index (χ3v) is 5.29. The summed E-state index contributed by atoms with van der Waals surface area (Å²) < 4.78 is 2.19. The van der Waals surface area contributed by atoms with E-state index in [2.05, 4.69) is 14.5 Å². The molecule has 1 aliphatic rings. The summed E-state index contributed by atoms with van der Waals surface area (Å²) >= 11 is 1.64. The number of aromatic nitrogens is 3. The second-order valence-corrected chi connectivity index (χ2v) is 6.95. The van der Waals surface area contributed by atoms with E-state index in [0.717, 1.165) is 41.4 Å². The Morgan fingerprint density at radius 3 is 3.13 bits per heavy atom. The maximum atomic E-state index is 12.5. The van der Waals surface area contributed by atoms with Crippen molar-refractivity contribution >= 4 is 28.4 Å². The van der Waals surface area contributed by atoms with E-state index in [-0.39, 0.29) is 11.9 Å². The van der Waals surface area contributed by atoms with Gasteiger partial charge >= 0.3 is 0 Å². The van der Waals surface area contributed by atoms with Crippen LogP contribution in [0.1, 0.15) is 23.2 Å². The van der Waals surface area contributed by atoms with Gasteiger partial charge < -0.3 is 9.47 Å². The van der Waals surface area contributed by atoms with Gasteiger partial charge in [-0.15, -0.1) is 11.3 Å². The topological polar surface area (TPSA) is 51.0 Å². The lowest BCUT2D eigenvalue weighted by atomic mass is 10.2. The van der Waals surface area contributed by atoms with Crippen LogP contribution in [0.4, 0.5) is 0 Å². The number of likely N-dealkylation sites (tertiary alicyclic amines) is 1. The summed E-state index contributed by atoms with van der Waals surface area (Å²) in [5, 5.41) is 2.02. The predicted octanol–water partition coefficient (Wildman–Crippen LogP) is 2.82. The van der Waals surface area contributed by atoms with Gasteiger partial charge in [-0.1, -0.05) is 6.07 Å². The Kier molecular flexibility index (Phi) is 3.61. The number of thiophene rings is 1. The molecule has 0 N–H and O–H groups in total. The van der Waals surface area contributed by atoms with Crippen LogP contribution in [0.15, 0.2) is 35.8 Å². The highest BCUT2D eigenvalue weighted by atomic mass is 32.1. The SMILES string of the molecule is Cc1nc2cccnc2n1[C@@H]1CCN(C(=O)Cc2cccs2)C1. The zero-order chi connectivity index (χ0) is 15.8. The molecule has 1 atom stereocenters. The number of hydrogen-bond acceptors (Lipinski definition) is 4. The minimum atomic E-state index is 0.213. The van der Waals surface area contributed by atoms with E-state index in [0.29, 0.717) is 6.42 Å². The molecule has 0 saturated carbocycles. The summed E-state index contributed by atoms with van der Waals surface area (Å²) in [7, 11) is 0. The molecule has 1 amide bonds. The van der Waals surface area contributed by atoms with Gasteiger partial charge in [0.25, 0.3) is 0 Å². The fourth-order valence-corrected chi connectivity index (χ4v) is 4.03. The van der Waals surface area contributed by atoms with Crippen molar-refractivity contribution in [2.75, 3.05) is 13.1 Å². The molecule has 1 fully saturated rings. The molecule has 0 aliphatic carbocycles. The second-order valence-electron chi connectivity index (χ2n) is 5.91. The van der Waals surface area contributed by atoms with Crippen molar-refractivity contribution in [1.82, 2.24) is 19.4 Å². The van der Waals surface area contributed by atoms with Crippen molar-refractivity contribution in [2.45, 2.75) is 25.8 Å². The van der Waals surface area contributed by atoms with Crippen molar-refractivity contribution in [2.24, 2.45) is 0 Å². The first-order chi connectivity index (χ1) is 11.2. The first kappa shape index (κ1) is 14.4. The number of carbonyl (C=O) groups excluding carboxylic acids is 1. The fraction of sp³-hybridized carbons (Fsp3) is 0.353. The molecule has 0 spiro atoms. The number of pyridine rings is 1. The molecule has 0 unspecified atom stereocenters. The van der Waals surface area contributed by atoms with Crippen LogP contribution < -0.4 is 0 Å². The number of nitrogens with zero attached hydrogens (tertiary/aromatic N) is 4. The molecule has 3 aromatic rings. The highest BCUT2D eigenvalue weighted by Crippen LogP contribution is 2.27. The quantitative estimate of drug-likeness (QED) is 0.744. The number of aryl methyl sites for hydroxylation is 1. The van der Waals surface area contributed by atoms with Crippen LogP contribution in [0, 0.1) is 6.92 Å². The van der Waals surface area contributed by atoms with Gasteiger partial charge in [0, 0.05) is 24.2 Å². The maximum absolute atomic E-state index is 12.5. The fourth-order valence-electron chi connectivity index (χ4n) is 3.33. The minimum absolute atomic E-state index is 0.213. The van der Waals surface area contributed by atoms with Gasteiger partial charge in [0.05, 0.1) is 12.5 Å². The van der Waals surface area contributed by atoms with Crippen LogP contribution in [0.5, 0.6) is 0 Å². The maximum Gasteiger partial charge on any atom is 0.227 e. The number of carbonyl (C=O) groups is 1. The molecule has 118 valence electrons. The highest BCUT2D eigenvalue weighted by molar-refractivity contribution is 7.10. The van der Waals surface area contributed by atoms with E-state index < -0.39 is 0 Å². The summed E-state index contributed by atoms with van der Waals surface area (Å²) in [5.74, 6) is 1.18. The first-order valence-corrected chi connectivity index (χ1v) is 8.70. The van der Waals surface area contributed by atoms with Crippen LogP contribution in [0.25, 0.3) is 11.2 Å². The van der Waals surface area contributed by atoms with Gasteiger partial charge in [-0.3, -0.25) is 4.79 Å². The third kappa shape index (κ3) is 2.63. The van der Waals surface area contributed by atoms with Crippen LogP contribution in [0.2, 0.25) is 0 Å². The largest absolute Gasteiger partial charge is 0.340 e. The van der Waals surface area contributed by atoms with E-state index in [1.165, 1.54) is 0 Å². The van der Waals surface area contributed by atoms with Gasteiger partial charge in [0.2, 0.25) is 5.91 Å². The molecule has 0 radical (unpaired) electrons. The van der Waals surface area contributed by atoms with Crippen LogP contribution in [-0.4, -0.2) is 38.4 Å². The third-order valence-electron chi connectivity index (χ3n) is 4.41. The molecular weight excluding hydrogens is 308 g/mol. The predicted molar refractivity (Wildman–Crippen MR) is 90.5 cm³/mol. The van der Waals surface area contributed by atoms with E-state index in [1.54, 1.807) is 17.5 Å². The number of hydrogen-bond donors (Lipinski definition) is 0. The van der Waals surface area contributed by atoms with Crippen molar-refractivity contribution in [3.8, 4) is 0 Å². The molecule has 3 aromatic heterocycles. The molecule has 0 aromatic carbocycles. The highest BCUT2D eigenvalue weighted by Gasteiger charge is 2.29. The van der Waals surface area contributed by atoms with Gasteiger partial charge in [0.1, 0.15) is 11.3 Å². The Morgan fingerprint density at radius 2 is 2.30 bits per heavy atom. The van der Waals surface area contributed by atoms with Crippen molar-refractivity contribution in [1.29, 1.82) is 0 Å². The normalized spacial score (nSPS) is 18.0. The Hall–Kier alpha value is -2.21. The number of fused-ring (bicyclic) bond motifs is 1. The average Bonchev–Trinajstić information content (AvgIpc) is 3.25. The molecule has 23 heavy (non-hydrogen) atoms. The molecule has 1 aliphatic heterocycles. The van der Waals surface area contributed by atoms with Crippen LogP contribution in [0.3, 0.4) is 0 Å². The molecule has 4 rings (SSSR count). The average molecular weight is 326 g/mol. The Morgan fingerprint density at radius 1 is 1.39 bits per heavy atom. The monoisotopic (exact) mass is 326 g/mol.